The second-order valence-electron chi connectivity index (χ2n) is 5.05. The zero-order chi connectivity index (χ0) is 14.0. The normalized spacial score (nSPS) is 24.3. The van der Waals surface area contributed by atoms with E-state index >= 15 is 0 Å². The topological polar surface area (TPSA) is 49.5 Å². The van der Waals surface area contributed by atoms with Gasteiger partial charge in [0, 0.05) is 24.6 Å². The Balaban J connectivity index is 2.31. The molecular weight excluding hydrogens is 250 g/mol. The molecule has 0 saturated carbocycles. The molecule has 1 saturated heterocycles. The lowest BCUT2D eigenvalue weighted by molar-refractivity contribution is 0.141. The van der Waals surface area contributed by atoms with Gasteiger partial charge in [-0.3, -0.25) is 4.90 Å². The Kier molecular flexibility index (Phi) is 4.18. The first-order valence-electron chi connectivity index (χ1n) is 6.26. The van der Waals surface area contributed by atoms with Crippen molar-refractivity contribution in [2.75, 3.05) is 13.1 Å². The van der Waals surface area contributed by atoms with Crippen LogP contribution in [0.5, 0.6) is 0 Å². The Morgan fingerprint density at radius 3 is 2.95 bits per heavy atom. The van der Waals surface area contributed by atoms with Gasteiger partial charge in [0.25, 0.3) is 0 Å². The predicted molar refractivity (Wildman–Crippen MR) is 68.2 cm³/mol. The van der Waals surface area contributed by atoms with Gasteiger partial charge in [0.2, 0.25) is 0 Å². The molecule has 1 fully saturated rings. The molecule has 104 valence electrons. The van der Waals surface area contributed by atoms with Gasteiger partial charge in [-0.1, -0.05) is 6.92 Å². The molecule has 0 amide bonds. The highest BCUT2D eigenvalue weighted by atomic mass is 19.1. The van der Waals surface area contributed by atoms with Gasteiger partial charge in [-0.05, 0) is 31.0 Å². The molecule has 1 aromatic carbocycles. The number of aliphatic hydroxyl groups excluding tert-OH is 1. The Hall–Kier alpha value is -1.04. The molecule has 1 heterocycles. The second-order valence-corrected chi connectivity index (χ2v) is 5.05. The lowest BCUT2D eigenvalue weighted by atomic mass is 9.96. The van der Waals surface area contributed by atoms with Crippen molar-refractivity contribution < 1.29 is 13.9 Å². The number of halogens is 2. The van der Waals surface area contributed by atoms with E-state index in [0.29, 0.717) is 19.5 Å². The summed E-state index contributed by atoms with van der Waals surface area (Å²) in [5, 5.41) is 8.97. The summed E-state index contributed by atoms with van der Waals surface area (Å²) >= 11 is 0. The van der Waals surface area contributed by atoms with Crippen molar-refractivity contribution in [1.29, 1.82) is 0 Å². The smallest absolute Gasteiger partial charge is 0.129 e. The van der Waals surface area contributed by atoms with Crippen molar-refractivity contribution in [2.24, 2.45) is 5.73 Å². The van der Waals surface area contributed by atoms with Crippen LogP contribution in [0.1, 0.15) is 25.3 Å². The number of rotatable bonds is 4. The Morgan fingerprint density at radius 2 is 2.26 bits per heavy atom. The summed E-state index contributed by atoms with van der Waals surface area (Å²) < 4.78 is 27.3. The van der Waals surface area contributed by atoms with E-state index in [-0.39, 0.29) is 5.56 Å². The molecule has 1 aliphatic heterocycles. The maximum atomic E-state index is 13.9. The molecule has 19 heavy (non-hydrogen) atoms. The molecule has 1 atom stereocenters. The van der Waals surface area contributed by atoms with E-state index in [2.05, 4.69) is 0 Å². The molecule has 0 bridgehead atoms. The van der Waals surface area contributed by atoms with E-state index in [9.17, 15) is 8.78 Å². The molecule has 1 aliphatic rings. The molecule has 3 N–H and O–H groups in total. The van der Waals surface area contributed by atoms with Crippen molar-refractivity contribution >= 4 is 0 Å². The highest BCUT2D eigenvalue weighted by molar-refractivity contribution is 5.27. The fourth-order valence-electron chi connectivity index (χ4n) is 2.59. The number of hydrogen-bond donors (Lipinski definition) is 2. The van der Waals surface area contributed by atoms with E-state index in [1.807, 2.05) is 4.90 Å². The standard InChI is InChI=1S/C14H18F2N2O/c1-10(9-19)8-18-6-2-5-14(18,17)12-7-11(15)3-4-13(12)16/h3-4,7,9,19H,2,5-6,8,17H2,1H3/t14-/m1/s1. The molecule has 0 spiro atoms. The number of benzene rings is 1. The molecule has 2 radical (unpaired) electrons. The number of likely N-dealkylation sites (tertiary alicyclic amines) is 1. The van der Waals surface area contributed by atoms with Crippen LogP contribution in [0.15, 0.2) is 18.2 Å². The third-order valence-electron chi connectivity index (χ3n) is 3.61. The van der Waals surface area contributed by atoms with Crippen molar-refractivity contribution in [2.45, 2.75) is 25.4 Å². The van der Waals surface area contributed by atoms with Crippen LogP contribution in [0.2, 0.25) is 0 Å². The van der Waals surface area contributed by atoms with Crippen LogP contribution in [0.25, 0.3) is 0 Å². The molecule has 1 aromatic rings. The summed E-state index contributed by atoms with van der Waals surface area (Å²) in [4.78, 5) is 1.87. The summed E-state index contributed by atoms with van der Waals surface area (Å²) in [5.41, 5.74) is 5.47. The molecule has 0 aromatic heterocycles. The SMILES string of the molecule is C[C]([CH]O)CN1CCC[C@]1(N)c1cc(F)ccc1F. The number of aliphatic hydroxyl groups is 1. The largest absolute Gasteiger partial charge is 0.390 e. The van der Waals surface area contributed by atoms with Crippen LogP contribution < -0.4 is 5.73 Å². The van der Waals surface area contributed by atoms with Gasteiger partial charge < -0.3 is 10.8 Å². The fourth-order valence-corrected chi connectivity index (χ4v) is 2.59. The molecule has 0 aliphatic carbocycles. The van der Waals surface area contributed by atoms with Gasteiger partial charge in [0.1, 0.15) is 11.6 Å². The van der Waals surface area contributed by atoms with E-state index in [4.69, 9.17) is 10.8 Å². The Morgan fingerprint density at radius 1 is 1.53 bits per heavy atom. The Labute approximate surface area is 112 Å². The monoisotopic (exact) mass is 268 g/mol. The molecular formula is C14H18F2N2O. The zero-order valence-electron chi connectivity index (χ0n) is 10.9. The molecule has 0 unspecified atom stereocenters. The molecule has 3 nitrogen and oxygen atoms in total. The first-order chi connectivity index (χ1) is 8.97. The van der Waals surface area contributed by atoms with Crippen LogP contribution in [-0.4, -0.2) is 23.1 Å². The van der Waals surface area contributed by atoms with Gasteiger partial charge in [-0.15, -0.1) is 0 Å². The van der Waals surface area contributed by atoms with Crippen molar-refractivity contribution in [3.05, 3.63) is 47.9 Å². The van der Waals surface area contributed by atoms with Crippen molar-refractivity contribution in [3.63, 3.8) is 0 Å². The average molecular weight is 268 g/mol. The van der Waals surface area contributed by atoms with E-state index in [1.54, 1.807) is 6.92 Å². The average Bonchev–Trinajstić information content (AvgIpc) is 2.75. The van der Waals surface area contributed by atoms with Crippen molar-refractivity contribution in [1.82, 2.24) is 4.90 Å². The fraction of sp³-hybridized carbons (Fsp3) is 0.429. The lowest BCUT2D eigenvalue weighted by Gasteiger charge is -2.36. The minimum atomic E-state index is -1.02. The molecule has 5 heteroatoms. The van der Waals surface area contributed by atoms with E-state index in [1.165, 1.54) is 0 Å². The number of nitrogens with two attached hydrogens (primary N) is 1. The maximum Gasteiger partial charge on any atom is 0.129 e. The first-order valence-corrected chi connectivity index (χ1v) is 6.26. The van der Waals surface area contributed by atoms with Gasteiger partial charge in [-0.25, -0.2) is 8.78 Å². The number of hydrogen-bond acceptors (Lipinski definition) is 3. The highest BCUT2D eigenvalue weighted by Crippen LogP contribution is 2.36. The lowest BCUT2D eigenvalue weighted by Crippen LogP contribution is -2.50. The summed E-state index contributed by atoms with van der Waals surface area (Å²) in [7, 11) is 0. The van der Waals surface area contributed by atoms with Gasteiger partial charge in [0.15, 0.2) is 0 Å². The number of nitrogens with zero attached hydrogens (tertiary/aromatic N) is 1. The van der Waals surface area contributed by atoms with E-state index < -0.39 is 17.3 Å². The van der Waals surface area contributed by atoms with Crippen molar-refractivity contribution in [3.8, 4) is 0 Å². The minimum absolute atomic E-state index is 0.177. The molecule has 2 rings (SSSR count). The van der Waals surface area contributed by atoms with E-state index in [0.717, 1.165) is 37.1 Å². The van der Waals surface area contributed by atoms with Crippen LogP contribution >= 0.6 is 0 Å². The minimum Gasteiger partial charge on any atom is -0.390 e. The van der Waals surface area contributed by atoms with Crippen LogP contribution in [0.3, 0.4) is 0 Å². The maximum absolute atomic E-state index is 13.9. The first kappa shape index (κ1) is 14.4. The van der Waals surface area contributed by atoms with Crippen LogP contribution in [0, 0.1) is 24.2 Å². The zero-order valence-corrected chi connectivity index (χ0v) is 10.9. The highest BCUT2D eigenvalue weighted by Gasteiger charge is 2.41. The summed E-state index contributed by atoms with van der Waals surface area (Å²) in [6.07, 6.45) is 1.37. The predicted octanol–water partition coefficient (Wildman–Crippen LogP) is 2.30. The summed E-state index contributed by atoms with van der Waals surface area (Å²) in [6.45, 7) is 3.90. The van der Waals surface area contributed by atoms with Gasteiger partial charge >= 0.3 is 0 Å². The van der Waals surface area contributed by atoms with Gasteiger partial charge in [0.05, 0.1) is 12.3 Å². The third-order valence-corrected chi connectivity index (χ3v) is 3.61. The summed E-state index contributed by atoms with van der Waals surface area (Å²) in [6, 6.07) is 3.34. The quantitative estimate of drug-likeness (QED) is 0.881. The second kappa shape index (κ2) is 5.53. The van der Waals surface area contributed by atoms with Crippen LogP contribution in [0.4, 0.5) is 8.78 Å². The van der Waals surface area contributed by atoms with Crippen LogP contribution in [-0.2, 0) is 5.66 Å². The Bertz CT molecular complexity index is 455. The third kappa shape index (κ3) is 2.78. The van der Waals surface area contributed by atoms with Gasteiger partial charge in [-0.2, -0.15) is 0 Å². The summed E-state index contributed by atoms with van der Waals surface area (Å²) in [5.74, 6) is -0.266.